The molecule has 5 nitrogen and oxygen atoms in total. The molecule has 0 atom stereocenters. The highest BCUT2D eigenvalue weighted by Gasteiger charge is 2.15. The number of halogens is 1. The summed E-state index contributed by atoms with van der Waals surface area (Å²) >= 11 is 1.37. The molecule has 0 aliphatic rings. The van der Waals surface area contributed by atoms with E-state index >= 15 is 0 Å². The molecule has 0 aliphatic heterocycles. The molecule has 0 unspecified atom stereocenters. The van der Waals surface area contributed by atoms with Crippen molar-refractivity contribution in [2.75, 3.05) is 0 Å². The zero-order chi connectivity index (χ0) is 14.8. The molecule has 0 saturated heterocycles. The van der Waals surface area contributed by atoms with Crippen LogP contribution in [0.3, 0.4) is 0 Å². The van der Waals surface area contributed by atoms with Gasteiger partial charge in [0.05, 0.1) is 11.3 Å². The molecule has 0 amide bonds. The summed E-state index contributed by atoms with van der Waals surface area (Å²) in [5.74, 6) is 1.17. The zero-order valence-electron chi connectivity index (χ0n) is 11.5. The maximum absolute atomic E-state index is 13.6. The summed E-state index contributed by atoms with van der Waals surface area (Å²) < 4.78 is 24.2. The lowest BCUT2D eigenvalue weighted by Crippen LogP contribution is -1.84. The first-order chi connectivity index (χ1) is 10.1. The van der Waals surface area contributed by atoms with E-state index in [1.807, 2.05) is 13.8 Å². The average molecular weight is 305 g/mol. The van der Waals surface area contributed by atoms with Gasteiger partial charge in [0.15, 0.2) is 0 Å². The third-order valence-corrected chi connectivity index (χ3v) is 3.88. The first-order valence-electron chi connectivity index (χ1n) is 6.28. The highest BCUT2D eigenvalue weighted by molar-refractivity contribution is 7.98. The van der Waals surface area contributed by atoms with Crippen molar-refractivity contribution in [1.82, 2.24) is 15.4 Å². The molecule has 0 fully saturated rings. The lowest BCUT2D eigenvalue weighted by atomic mass is 10.2. The molecule has 0 bridgehead atoms. The Kier molecular flexibility index (Phi) is 3.74. The van der Waals surface area contributed by atoms with Gasteiger partial charge >= 0.3 is 0 Å². The van der Waals surface area contributed by atoms with Crippen LogP contribution in [0.2, 0.25) is 0 Å². The van der Waals surface area contributed by atoms with Crippen LogP contribution >= 0.6 is 11.8 Å². The Labute approximate surface area is 124 Å². The van der Waals surface area contributed by atoms with Crippen molar-refractivity contribution in [1.29, 1.82) is 0 Å². The van der Waals surface area contributed by atoms with Gasteiger partial charge < -0.3 is 8.94 Å². The summed E-state index contributed by atoms with van der Waals surface area (Å²) in [5, 5.41) is 12.1. The molecule has 3 aromatic rings. The predicted molar refractivity (Wildman–Crippen MR) is 75.2 cm³/mol. The van der Waals surface area contributed by atoms with Crippen LogP contribution in [0.1, 0.15) is 17.0 Å². The van der Waals surface area contributed by atoms with Crippen molar-refractivity contribution in [3.05, 3.63) is 47.1 Å². The number of benzene rings is 1. The Hall–Kier alpha value is -2.15. The van der Waals surface area contributed by atoms with E-state index in [-0.39, 0.29) is 11.7 Å². The summed E-state index contributed by atoms with van der Waals surface area (Å²) in [5.41, 5.74) is 2.15. The third kappa shape index (κ3) is 2.82. The van der Waals surface area contributed by atoms with Gasteiger partial charge in [0, 0.05) is 11.3 Å². The SMILES string of the molecule is Cc1noc(C)c1CSc1nnc(-c2ccccc2F)o1. The molecule has 21 heavy (non-hydrogen) atoms. The summed E-state index contributed by atoms with van der Waals surface area (Å²) in [6, 6.07) is 6.30. The van der Waals surface area contributed by atoms with E-state index in [1.165, 1.54) is 17.8 Å². The highest BCUT2D eigenvalue weighted by atomic mass is 32.2. The van der Waals surface area contributed by atoms with Gasteiger partial charge in [-0.15, -0.1) is 10.2 Å². The molecule has 2 aromatic heterocycles. The molecular weight excluding hydrogens is 293 g/mol. The normalized spacial score (nSPS) is 11.0. The predicted octanol–water partition coefficient (Wildman–Crippen LogP) is 3.77. The van der Waals surface area contributed by atoms with Crippen LogP contribution < -0.4 is 0 Å². The zero-order valence-corrected chi connectivity index (χ0v) is 12.3. The molecule has 0 spiro atoms. The van der Waals surface area contributed by atoms with Crippen LogP contribution in [0.5, 0.6) is 0 Å². The number of hydrogen-bond acceptors (Lipinski definition) is 6. The molecule has 7 heteroatoms. The third-order valence-electron chi connectivity index (χ3n) is 3.03. The van der Waals surface area contributed by atoms with Crippen LogP contribution in [0, 0.1) is 19.7 Å². The molecule has 3 rings (SSSR count). The van der Waals surface area contributed by atoms with E-state index in [4.69, 9.17) is 8.94 Å². The first-order valence-corrected chi connectivity index (χ1v) is 7.26. The second kappa shape index (κ2) is 5.69. The Bertz CT molecular complexity index is 750. The van der Waals surface area contributed by atoms with Gasteiger partial charge in [0.2, 0.25) is 0 Å². The smallest absolute Gasteiger partial charge is 0.277 e. The first kappa shape index (κ1) is 13.8. The van der Waals surface area contributed by atoms with Crippen molar-refractivity contribution < 1.29 is 13.3 Å². The summed E-state index contributed by atoms with van der Waals surface area (Å²) in [4.78, 5) is 0. The Morgan fingerprint density at radius 2 is 2.00 bits per heavy atom. The largest absolute Gasteiger partial charge is 0.411 e. The fraction of sp³-hybridized carbons (Fsp3) is 0.214. The summed E-state index contributed by atoms with van der Waals surface area (Å²) in [7, 11) is 0. The topological polar surface area (TPSA) is 65.0 Å². The van der Waals surface area contributed by atoms with Gasteiger partial charge in [0.1, 0.15) is 11.6 Å². The van der Waals surface area contributed by atoms with Crippen molar-refractivity contribution >= 4 is 11.8 Å². The minimum atomic E-state index is -0.386. The fourth-order valence-electron chi connectivity index (χ4n) is 1.85. The van der Waals surface area contributed by atoms with E-state index in [1.54, 1.807) is 18.2 Å². The van der Waals surface area contributed by atoms with Crippen molar-refractivity contribution in [2.24, 2.45) is 0 Å². The van der Waals surface area contributed by atoms with Crippen LogP contribution in [0.15, 0.2) is 38.4 Å². The molecule has 0 saturated carbocycles. The van der Waals surface area contributed by atoms with Crippen molar-refractivity contribution in [2.45, 2.75) is 24.8 Å². The summed E-state index contributed by atoms with van der Waals surface area (Å²) in [6.45, 7) is 3.74. The molecule has 108 valence electrons. The fourth-order valence-corrected chi connectivity index (χ4v) is 2.77. The second-order valence-electron chi connectivity index (χ2n) is 4.44. The highest BCUT2D eigenvalue weighted by Crippen LogP contribution is 2.28. The minimum absolute atomic E-state index is 0.175. The second-order valence-corrected chi connectivity index (χ2v) is 5.37. The van der Waals surface area contributed by atoms with Crippen LogP contribution in [0.25, 0.3) is 11.5 Å². The Morgan fingerprint density at radius 1 is 1.19 bits per heavy atom. The molecule has 0 aliphatic carbocycles. The van der Waals surface area contributed by atoms with Crippen molar-refractivity contribution in [3.63, 3.8) is 0 Å². The van der Waals surface area contributed by atoms with E-state index in [0.29, 0.717) is 16.5 Å². The molecule has 0 radical (unpaired) electrons. The lowest BCUT2D eigenvalue weighted by Gasteiger charge is -1.97. The monoisotopic (exact) mass is 305 g/mol. The Balaban J connectivity index is 1.76. The van der Waals surface area contributed by atoms with Gasteiger partial charge in [-0.25, -0.2) is 4.39 Å². The summed E-state index contributed by atoms with van der Waals surface area (Å²) in [6.07, 6.45) is 0. The van der Waals surface area contributed by atoms with Gasteiger partial charge in [-0.05, 0) is 26.0 Å². The van der Waals surface area contributed by atoms with Crippen LogP contribution in [-0.2, 0) is 5.75 Å². The molecular formula is C14H12FN3O2S. The average Bonchev–Trinajstić information content (AvgIpc) is 3.05. The van der Waals surface area contributed by atoms with Gasteiger partial charge in [-0.3, -0.25) is 0 Å². The quantitative estimate of drug-likeness (QED) is 0.684. The Morgan fingerprint density at radius 3 is 2.71 bits per heavy atom. The number of rotatable bonds is 4. The maximum atomic E-state index is 13.6. The van der Waals surface area contributed by atoms with Gasteiger partial charge in [-0.1, -0.05) is 29.1 Å². The van der Waals surface area contributed by atoms with E-state index < -0.39 is 0 Å². The number of nitrogens with zero attached hydrogens (tertiary/aromatic N) is 3. The number of thioether (sulfide) groups is 1. The minimum Gasteiger partial charge on any atom is -0.411 e. The molecule has 2 heterocycles. The van der Waals surface area contributed by atoms with Crippen molar-refractivity contribution in [3.8, 4) is 11.5 Å². The number of aryl methyl sites for hydroxylation is 2. The molecule has 0 N–H and O–H groups in total. The van der Waals surface area contributed by atoms with Gasteiger partial charge in [-0.2, -0.15) is 0 Å². The maximum Gasteiger partial charge on any atom is 0.277 e. The van der Waals surface area contributed by atoms with Gasteiger partial charge in [0.25, 0.3) is 11.1 Å². The van der Waals surface area contributed by atoms with Crippen LogP contribution in [-0.4, -0.2) is 15.4 Å². The van der Waals surface area contributed by atoms with E-state index in [0.717, 1.165) is 17.0 Å². The number of hydrogen-bond donors (Lipinski definition) is 0. The van der Waals surface area contributed by atoms with E-state index in [2.05, 4.69) is 15.4 Å². The standard InChI is InChI=1S/C14H12FN3O2S/c1-8-11(9(2)20-18-8)7-21-14-17-16-13(19-14)10-5-3-4-6-12(10)15/h3-6H,7H2,1-2H3. The number of aromatic nitrogens is 3. The lowest BCUT2D eigenvalue weighted by molar-refractivity contribution is 0.392. The molecule has 1 aromatic carbocycles. The van der Waals surface area contributed by atoms with Crippen LogP contribution in [0.4, 0.5) is 4.39 Å². The van der Waals surface area contributed by atoms with E-state index in [9.17, 15) is 4.39 Å².